The minimum Gasteiger partial charge on any atom is -0.454 e. The van der Waals surface area contributed by atoms with Crippen LogP contribution in [0.5, 0.6) is 11.5 Å². The molecule has 1 saturated carbocycles. The van der Waals surface area contributed by atoms with Gasteiger partial charge in [0, 0.05) is 31.2 Å². The fourth-order valence-corrected chi connectivity index (χ4v) is 6.22. The number of piperidine rings is 1. The van der Waals surface area contributed by atoms with E-state index in [9.17, 15) is 4.79 Å². The van der Waals surface area contributed by atoms with E-state index in [4.69, 9.17) is 14.2 Å². The van der Waals surface area contributed by atoms with Gasteiger partial charge in [-0.25, -0.2) is 0 Å². The first-order valence-electron chi connectivity index (χ1n) is 13.2. The first-order chi connectivity index (χ1) is 16.2. The van der Waals surface area contributed by atoms with Gasteiger partial charge in [-0.05, 0) is 101 Å². The number of ether oxygens (including phenoxy) is 3. The van der Waals surface area contributed by atoms with Gasteiger partial charge in [-0.2, -0.15) is 0 Å². The maximum atomic E-state index is 12.4. The van der Waals surface area contributed by atoms with E-state index < -0.39 is 0 Å². The highest BCUT2D eigenvalue weighted by molar-refractivity contribution is 5.76. The molecule has 33 heavy (non-hydrogen) atoms. The molecule has 2 saturated heterocycles. The SMILES string of the molecule is O=C(C[C@@H]1CCCOC1)N[C@H]1CC[C@H](CCN2CCC(c3cccc4c3OCO4)CC2)CC1. The molecule has 0 aromatic heterocycles. The van der Waals surface area contributed by atoms with Crippen LogP contribution in [-0.2, 0) is 9.53 Å². The van der Waals surface area contributed by atoms with Crippen molar-refractivity contribution in [3.05, 3.63) is 23.8 Å². The highest BCUT2D eigenvalue weighted by Gasteiger charge is 2.28. The molecule has 1 aromatic carbocycles. The molecule has 3 heterocycles. The third-order valence-electron chi connectivity index (χ3n) is 8.25. The van der Waals surface area contributed by atoms with E-state index in [1.54, 1.807) is 0 Å². The van der Waals surface area contributed by atoms with Crippen molar-refractivity contribution in [3.63, 3.8) is 0 Å². The molecule has 4 aliphatic rings. The second-order valence-electron chi connectivity index (χ2n) is 10.6. The Morgan fingerprint density at radius 2 is 1.85 bits per heavy atom. The van der Waals surface area contributed by atoms with Crippen LogP contribution in [0.2, 0.25) is 0 Å². The summed E-state index contributed by atoms with van der Waals surface area (Å²) < 4.78 is 16.8. The van der Waals surface area contributed by atoms with Gasteiger partial charge >= 0.3 is 0 Å². The summed E-state index contributed by atoms with van der Waals surface area (Å²) in [6.07, 6.45) is 11.3. The highest BCUT2D eigenvalue weighted by atomic mass is 16.7. The van der Waals surface area contributed by atoms with Gasteiger partial charge in [-0.15, -0.1) is 0 Å². The topological polar surface area (TPSA) is 60.0 Å². The molecule has 0 unspecified atom stereocenters. The van der Waals surface area contributed by atoms with Gasteiger partial charge in [0.15, 0.2) is 11.5 Å². The van der Waals surface area contributed by atoms with Crippen molar-refractivity contribution in [3.8, 4) is 11.5 Å². The standard InChI is InChI=1S/C27H40N2O4/c30-26(17-21-3-2-16-31-18-21)28-23-8-6-20(7-9-23)10-13-29-14-11-22(12-15-29)24-4-1-5-25-27(24)33-19-32-25/h1,4-5,20-23H,2-3,6-19H2,(H,28,30)/t20-,21-,23-/m0/s1. The van der Waals surface area contributed by atoms with Gasteiger partial charge in [0.1, 0.15) is 0 Å². The molecule has 3 aliphatic heterocycles. The third kappa shape index (κ3) is 6.02. The Balaban J connectivity index is 0.980. The number of fused-ring (bicyclic) bond motifs is 1. The number of carbonyl (C=O) groups is 1. The normalized spacial score (nSPS) is 28.5. The Bertz CT molecular complexity index is 778. The Morgan fingerprint density at radius 1 is 1.00 bits per heavy atom. The van der Waals surface area contributed by atoms with Crippen molar-refractivity contribution in [1.29, 1.82) is 0 Å². The van der Waals surface area contributed by atoms with Crippen LogP contribution in [0.1, 0.15) is 75.7 Å². The minimum absolute atomic E-state index is 0.234. The second kappa shape index (κ2) is 11.1. The molecule has 3 fully saturated rings. The molecular weight excluding hydrogens is 416 g/mol. The summed E-state index contributed by atoms with van der Waals surface area (Å²) in [7, 11) is 0. The lowest BCUT2D eigenvalue weighted by Gasteiger charge is -2.35. The number of hydrogen-bond acceptors (Lipinski definition) is 5. The fourth-order valence-electron chi connectivity index (χ4n) is 6.22. The lowest BCUT2D eigenvalue weighted by atomic mass is 9.83. The van der Waals surface area contributed by atoms with E-state index in [0.29, 0.717) is 31.1 Å². The van der Waals surface area contributed by atoms with Crippen molar-refractivity contribution in [2.75, 3.05) is 39.6 Å². The smallest absolute Gasteiger partial charge is 0.231 e. The molecule has 1 amide bonds. The van der Waals surface area contributed by atoms with Gasteiger partial charge in [-0.3, -0.25) is 4.79 Å². The van der Waals surface area contributed by atoms with E-state index >= 15 is 0 Å². The maximum absolute atomic E-state index is 12.4. The van der Waals surface area contributed by atoms with Gasteiger partial charge in [0.05, 0.1) is 0 Å². The van der Waals surface area contributed by atoms with Crippen molar-refractivity contribution in [1.82, 2.24) is 10.2 Å². The molecule has 6 nitrogen and oxygen atoms in total. The largest absolute Gasteiger partial charge is 0.454 e. The summed E-state index contributed by atoms with van der Waals surface area (Å²) in [4.78, 5) is 15.0. The summed E-state index contributed by atoms with van der Waals surface area (Å²) in [6, 6.07) is 6.70. The van der Waals surface area contributed by atoms with Crippen molar-refractivity contribution >= 4 is 5.91 Å². The predicted octanol–water partition coefficient (Wildman–Crippen LogP) is 4.48. The van der Waals surface area contributed by atoms with Crippen molar-refractivity contribution < 1.29 is 19.0 Å². The third-order valence-corrected chi connectivity index (χ3v) is 8.25. The predicted molar refractivity (Wildman–Crippen MR) is 128 cm³/mol. The van der Waals surface area contributed by atoms with E-state index in [-0.39, 0.29) is 5.91 Å². The number of likely N-dealkylation sites (tertiary alicyclic amines) is 1. The number of amides is 1. The summed E-state index contributed by atoms with van der Waals surface area (Å²) in [5.74, 6) is 3.93. The number of benzene rings is 1. The van der Waals surface area contributed by atoms with Crippen LogP contribution in [0, 0.1) is 11.8 Å². The molecular formula is C27H40N2O4. The molecule has 0 bridgehead atoms. The number of nitrogens with zero attached hydrogens (tertiary/aromatic N) is 1. The van der Waals surface area contributed by atoms with Crippen LogP contribution >= 0.6 is 0 Å². The van der Waals surface area contributed by atoms with Crippen LogP contribution in [0.25, 0.3) is 0 Å². The van der Waals surface area contributed by atoms with E-state index in [1.165, 1.54) is 57.3 Å². The first kappa shape index (κ1) is 23.0. The molecule has 6 heteroatoms. The highest BCUT2D eigenvalue weighted by Crippen LogP contribution is 2.42. The lowest BCUT2D eigenvalue weighted by molar-refractivity contribution is -0.124. The summed E-state index contributed by atoms with van der Waals surface area (Å²) in [5, 5.41) is 3.31. The minimum atomic E-state index is 0.234. The van der Waals surface area contributed by atoms with Gasteiger partial charge in [-0.1, -0.05) is 12.1 Å². The number of carbonyl (C=O) groups excluding carboxylic acids is 1. The van der Waals surface area contributed by atoms with Crippen LogP contribution in [-0.4, -0.2) is 56.5 Å². The molecule has 0 spiro atoms. The Hall–Kier alpha value is -1.79. The Morgan fingerprint density at radius 3 is 2.64 bits per heavy atom. The lowest BCUT2D eigenvalue weighted by Crippen LogP contribution is -2.39. The summed E-state index contributed by atoms with van der Waals surface area (Å²) in [5.41, 5.74) is 1.33. The summed E-state index contributed by atoms with van der Waals surface area (Å²) in [6.45, 7) is 5.53. The fraction of sp³-hybridized carbons (Fsp3) is 0.741. The number of rotatable bonds is 7. The molecule has 182 valence electrons. The second-order valence-corrected chi connectivity index (χ2v) is 10.6. The molecule has 5 rings (SSSR count). The van der Waals surface area contributed by atoms with Crippen LogP contribution in [0.3, 0.4) is 0 Å². The molecule has 0 radical (unpaired) electrons. The molecule has 1 aromatic rings. The molecule has 1 atom stereocenters. The van der Waals surface area contributed by atoms with E-state index in [1.807, 2.05) is 6.07 Å². The quantitative estimate of drug-likeness (QED) is 0.656. The zero-order valence-corrected chi connectivity index (χ0v) is 19.9. The number of nitrogens with one attached hydrogen (secondary N) is 1. The zero-order valence-electron chi connectivity index (χ0n) is 19.9. The maximum Gasteiger partial charge on any atom is 0.231 e. The number of para-hydroxylation sites is 1. The van der Waals surface area contributed by atoms with Crippen LogP contribution in [0.15, 0.2) is 18.2 Å². The van der Waals surface area contributed by atoms with Gasteiger partial charge in [0.2, 0.25) is 12.7 Å². The van der Waals surface area contributed by atoms with Crippen molar-refractivity contribution in [2.45, 2.75) is 76.2 Å². The van der Waals surface area contributed by atoms with E-state index in [0.717, 1.165) is 56.3 Å². The van der Waals surface area contributed by atoms with Crippen LogP contribution in [0.4, 0.5) is 0 Å². The van der Waals surface area contributed by atoms with Gasteiger partial charge in [0.25, 0.3) is 0 Å². The van der Waals surface area contributed by atoms with Crippen molar-refractivity contribution in [2.24, 2.45) is 11.8 Å². The average Bonchev–Trinajstić information content (AvgIpc) is 3.34. The molecule has 1 N–H and O–H groups in total. The first-order valence-corrected chi connectivity index (χ1v) is 13.2. The zero-order chi connectivity index (χ0) is 22.5. The monoisotopic (exact) mass is 456 g/mol. The Labute approximate surface area is 198 Å². The molecule has 1 aliphatic carbocycles. The Kier molecular flexibility index (Phi) is 7.72. The number of hydrogen-bond donors (Lipinski definition) is 1. The average molecular weight is 457 g/mol. The summed E-state index contributed by atoms with van der Waals surface area (Å²) >= 11 is 0. The van der Waals surface area contributed by atoms with Crippen LogP contribution < -0.4 is 14.8 Å². The van der Waals surface area contributed by atoms with Gasteiger partial charge < -0.3 is 24.4 Å². The van der Waals surface area contributed by atoms with E-state index in [2.05, 4.69) is 22.3 Å².